The van der Waals surface area contributed by atoms with Crippen LogP contribution < -0.4 is 5.32 Å². The van der Waals surface area contributed by atoms with E-state index in [1.165, 1.54) is 16.7 Å². The van der Waals surface area contributed by atoms with Crippen molar-refractivity contribution < 1.29 is 0 Å². The van der Waals surface area contributed by atoms with Gasteiger partial charge in [0.2, 0.25) is 0 Å². The van der Waals surface area contributed by atoms with Gasteiger partial charge in [-0.1, -0.05) is 28.9 Å². The number of aromatic nitrogens is 2. The van der Waals surface area contributed by atoms with Crippen LogP contribution in [0, 0.1) is 6.92 Å². The summed E-state index contributed by atoms with van der Waals surface area (Å²) in [4.78, 5) is 0. The van der Waals surface area contributed by atoms with Crippen LogP contribution in [0.4, 0.5) is 0 Å². The topological polar surface area (TPSA) is 29.9 Å². The molecule has 2 aromatic rings. The highest BCUT2D eigenvalue weighted by atomic mass is 79.9. The highest BCUT2D eigenvalue weighted by Crippen LogP contribution is 2.27. The van der Waals surface area contributed by atoms with E-state index < -0.39 is 0 Å². The number of aryl methyl sites for hydroxylation is 2. The van der Waals surface area contributed by atoms with Crippen molar-refractivity contribution in [3.63, 3.8) is 0 Å². The summed E-state index contributed by atoms with van der Waals surface area (Å²) in [6.45, 7) is 5.19. The van der Waals surface area contributed by atoms with Crippen LogP contribution in [-0.2, 0) is 7.05 Å². The highest BCUT2D eigenvalue weighted by Gasteiger charge is 2.16. The third-order valence-electron chi connectivity index (χ3n) is 3.02. The van der Waals surface area contributed by atoms with Crippen molar-refractivity contribution >= 4 is 15.9 Å². The maximum atomic E-state index is 4.26. The molecule has 0 saturated carbocycles. The van der Waals surface area contributed by atoms with E-state index in [0.717, 1.165) is 11.0 Å². The lowest BCUT2D eigenvalue weighted by atomic mass is 9.97. The Morgan fingerprint density at radius 1 is 1.44 bits per heavy atom. The van der Waals surface area contributed by atoms with Gasteiger partial charge in [-0.2, -0.15) is 5.10 Å². The Morgan fingerprint density at radius 2 is 2.22 bits per heavy atom. The quantitative estimate of drug-likeness (QED) is 0.940. The van der Waals surface area contributed by atoms with Crippen LogP contribution in [0.1, 0.15) is 29.7 Å². The van der Waals surface area contributed by atoms with Crippen LogP contribution in [0.15, 0.2) is 35.1 Å². The van der Waals surface area contributed by atoms with Crippen molar-refractivity contribution in [2.75, 3.05) is 6.54 Å². The predicted molar refractivity (Wildman–Crippen MR) is 77.6 cm³/mol. The normalized spacial score (nSPS) is 12.7. The average Bonchev–Trinajstić information content (AvgIpc) is 2.76. The summed E-state index contributed by atoms with van der Waals surface area (Å²) < 4.78 is 2.95. The molecule has 0 radical (unpaired) electrons. The maximum absolute atomic E-state index is 4.26. The molecular formula is C14H18BrN3. The minimum atomic E-state index is 0.196. The van der Waals surface area contributed by atoms with Crippen molar-refractivity contribution in [2.24, 2.45) is 7.05 Å². The van der Waals surface area contributed by atoms with Gasteiger partial charge in [0.05, 0.1) is 12.2 Å². The van der Waals surface area contributed by atoms with Crippen molar-refractivity contribution in [3.8, 4) is 0 Å². The van der Waals surface area contributed by atoms with E-state index in [0.29, 0.717) is 0 Å². The van der Waals surface area contributed by atoms with Crippen LogP contribution in [0.3, 0.4) is 0 Å². The van der Waals surface area contributed by atoms with Gasteiger partial charge in [0.15, 0.2) is 0 Å². The Bertz CT molecular complexity index is 534. The lowest BCUT2D eigenvalue weighted by Gasteiger charge is -2.19. The molecule has 0 spiro atoms. The first-order chi connectivity index (χ1) is 8.61. The molecule has 4 heteroatoms. The van der Waals surface area contributed by atoms with Gasteiger partial charge >= 0.3 is 0 Å². The van der Waals surface area contributed by atoms with Gasteiger partial charge in [-0.15, -0.1) is 0 Å². The van der Waals surface area contributed by atoms with E-state index in [2.05, 4.69) is 64.6 Å². The molecule has 96 valence electrons. The molecule has 0 aliphatic heterocycles. The van der Waals surface area contributed by atoms with Gasteiger partial charge in [0, 0.05) is 23.3 Å². The first kappa shape index (κ1) is 13.3. The van der Waals surface area contributed by atoms with E-state index in [-0.39, 0.29) is 6.04 Å². The summed E-state index contributed by atoms with van der Waals surface area (Å²) in [5.41, 5.74) is 3.77. The second-order valence-electron chi connectivity index (χ2n) is 4.44. The maximum Gasteiger partial charge on any atom is 0.0610 e. The standard InChI is InChI=1S/C14H18BrN3/c1-4-16-14(11-8-17-18(3)9-11)13-7-12(15)6-5-10(13)2/h5-9,14,16H,4H2,1-3H3. The van der Waals surface area contributed by atoms with Crippen molar-refractivity contribution in [1.29, 1.82) is 0 Å². The first-order valence-electron chi connectivity index (χ1n) is 6.09. The molecule has 0 aliphatic rings. The summed E-state index contributed by atoms with van der Waals surface area (Å²) in [5.74, 6) is 0. The number of nitrogens with zero attached hydrogens (tertiary/aromatic N) is 2. The number of benzene rings is 1. The smallest absolute Gasteiger partial charge is 0.0610 e. The second-order valence-corrected chi connectivity index (χ2v) is 5.35. The van der Waals surface area contributed by atoms with Gasteiger partial charge in [-0.25, -0.2) is 0 Å². The zero-order valence-corrected chi connectivity index (χ0v) is 12.5. The Morgan fingerprint density at radius 3 is 2.83 bits per heavy atom. The molecule has 0 fully saturated rings. The molecule has 1 unspecified atom stereocenters. The summed E-state index contributed by atoms with van der Waals surface area (Å²) in [5, 5.41) is 7.78. The van der Waals surface area contributed by atoms with E-state index in [4.69, 9.17) is 0 Å². The number of halogens is 1. The minimum Gasteiger partial charge on any atom is -0.306 e. The van der Waals surface area contributed by atoms with Gasteiger partial charge in [-0.3, -0.25) is 4.68 Å². The predicted octanol–water partition coefficient (Wildman–Crippen LogP) is 3.19. The van der Waals surface area contributed by atoms with Gasteiger partial charge in [0.1, 0.15) is 0 Å². The molecule has 0 aliphatic carbocycles. The molecule has 3 nitrogen and oxygen atoms in total. The van der Waals surface area contributed by atoms with Crippen molar-refractivity contribution in [1.82, 2.24) is 15.1 Å². The monoisotopic (exact) mass is 307 g/mol. The summed E-state index contributed by atoms with van der Waals surface area (Å²) >= 11 is 3.54. The lowest BCUT2D eigenvalue weighted by molar-refractivity contribution is 0.626. The third kappa shape index (κ3) is 2.82. The van der Waals surface area contributed by atoms with E-state index >= 15 is 0 Å². The number of hydrogen-bond acceptors (Lipinski definition) is 2. The minimum absolute atomic E-state index is 0.196. The van der Waals surface area contributed by atoms with Crippen molar-refractivity contribution in [3.05, 3.63) is 51.8 Å². The Balaban J connectivity index is 2.44. The zero-order chi connectivity index (χ0) is 13.1. The van der Waals surface area contributed by atoms with Crippen LogP contribution in [-0.4, -0.2) is 16.3 Å². The first-order valence-corrected chi connectivity index (χ1v) is 6.89. The highest BCUT2D eigenvalue weighted by molar-refractivity contribution is 9.10. The van der Waals surface area contributed by atoms with Crippen LogP contribution in [0.5, 0.6) is 0 Å². The van der Waals surface area contributed by atoms with Crippen molar-refractivity contribution in [2.45, 2.75) is 19.9 Å². The molecule has 1 aromatic carbocycles. The van der Waals surface area contributed by atoms with Gasteiger partial charge < -0.3 is 5.32 Å². The molecule has 0 bridgehead atoms. The summed E-state index contributed by atoms with van der Waals surface area (Å²) in [7, 11) is 1.94. The van der Waals surface area contributed by atoms with Crippen LogP contribution in [0.25, 0.3) is 0 Å². The number of nitrogens with one attached hydrogen (secondary N) is 1. The largest absolute Gasteiger partial charge is 0.306 e. The summed E-state index contributed by atoms with van der Waals surface area (Å²) in [6, 6.07) is 6.59. The molecule has 18 heavy (non-hydrogen) atoms. The van der Waals surface area contributed by atoms with Gasteiger partial charge in [0.25, 0.3) is 0 Å². The van der Waals surface area contributed by atoms with E-state index in [1.54, 1.807) is 0 Å². The van der Waals surface area contributed by atoms with Crippen LogP contribution >= 0.6 is 15.9 Å². The van der Waals surface area contributed by atoms with Gasteiger partial charge in [-0.05, 0) is 36.7 Å². The lowest BCUT2D eigenvalue weighted by Crippen LogP contribution is -2.22. The SMILES string of the molecule is CCNC(c1cnn(C)c1)c1cc(Br)ccc1C. The van der Waals surface area contributed by atoms with Crippen LogP contribution in [0.2, 0.25) is 0 Å². The zero-order valence-electron chi connectivity index (χ0n) is 10.9. The summed E-state index contributed by atoms with van der Waals surface area (Å²) in [6.07, 6.45) is 3.99. The molecule has 1 aromatic heterocycles. The second kappa shape index (κ2) is 5.67. The Labute approximate surface area is 116 Å². The fraction of sp³-hybridized carbons (Fsp3) is 0.357. The fourth-order valence-electron chi connectivity index (χ4n) is 2.12. The Hall–Kier alpha value is -1.13. The molecule has 0 amide bonds. The number of rotatable bonds is 4. The number of hydrogen-bond donors (Lipinski definition) is 1. The molecule has 2 rings (SSSR count). The molecule has 1 N–H and O–H groups in total. The molecule has 1 atom stereocenters. The fourth-order valence-corrected chi connectivity index (χ4v) is 2.50. The van der Waals surface area contributed by atoms with E-state index in [9.17, 15) is 0 Å². The molecule has 1 heterocycles. The average molecular weight is 308 g/mol. The molecular weight excluding hydrogens is 290 g/mol. The molecule has 0 saturated heterocycles. The third-order valence-corrected chi connectivity index (χ3v) is 3.51. The van der Waals surface area contributed by atoms with E-state index in [1.807, 2.05) is 17.9 Å². The Kier molecular flexibility index (Phi) is 4.19.